The van der Waals surface area contributed by atoms with E-state index in [4.69, 9.17) is 13.9 Å². The predicted molar refractivity (Wildman–Crippen MR) is 141 cm³/mol. The largest absolute Gasteiger partial charge is 0.469 e. The summed E-state index contributed by atoms with van der Waals surface area (Å²) < 4.78 is 17.7. The van der Waals surface area contributed by atoms with Gasteiger partial charge in [0.05, 0.1) is 13.2 Å². The lowest BCUT2D eigenvalue weighted by Gasteiger charge is -2.40. The first-order valence-electron chi connectivity index (χ1n) is 12.2. The van der Waals surface area contributed by atoms with Crippen LogP contribution in [0.4, 0.5) is 0 Å². The van der Waals surface area contributed by atoms with Gasteiger partial charge >= 0.3 is 5.97 Å². The topological polar surface area (TPSA) is 44.8 Å². The molecule has 1 aromatic carbocycles. The summed E-state index contributed by atoms with van der Waals surface area (Å²) >= 11 is 1.81. The molecular weight excluding hydrogens is 448 g/mol. The van der Waals surface area contributed by atoms with E-state index in [2.05, 4.69) is 76.3 Å². The van der Waals surface area contributed by atoms with Crippen LogP contribution in [0.2, 0.25) is 18.1 Å². The number of allylic oxidation sites excluding steroid dienone is 2. The Labute approximate surface area is 207 Å². The third-order valence-electron chi connectivity index (χ3n) is 7.05. The fraction of sp³-hybridized carbons (Fsp3) is 0.667. The second-order valence-electron chi connectivity index (χ2n) is 10.6. The molecule has 0 saturated heterocycles. The molecule has 4 atom stereocenters. The van der Waals surface area contributed by atoms with Gasteiger partial charge in [-0.25, -0.2) is 0 Å². The second-order valence-corrected chi connectivity index (χ2v) is 16.5. The lowest BCUT2D eigenvalue weighted by Crippen LogP contribution is -2.46. The Kier molecular flexibility index (Phi) is 11.2. The molecule has 0 radical (unpaired) electrons. The van der Waals surface area contributed by atoms with Crippen molar-refractivity contribution >= 4 is 26.0 Å². The van der Waals surface area contributed by atoms with Crippen LogP contribution in [0.15, 0.2) is 47.4 Å². The molecule has 0 aliphatic heterocycles. The van der Waals surface area contributed by atoms with E-state index in [1.165, 1.54) is 12.0 Å². The maximum atomic E-state index is 11.3. The highest BCUT2D eigenvalue weighted by Crippen LogP contribution is 2.46. The molecule has 0 N–H and O–H groups in total. The summed E-state index contributed by atoms with van der Waals surface area (Å²) in [5.74, 6) is 0.729. The molecule has 6 heteroatoms. The molecule has 1 fully saturated rings. The molecule has 4 nitrogen and oxygen atoms in total. The van der Waals surface area contributed by atoms with Crippen LogP contribution in [0, 0.1) is 11.8 Å². The first-order chi connectivity index (χ1) is 15.6. The quantitative estimate of drug-likeness (QED) is 0.0756. The zero-order chi connectivity index (χ0) is 24.5. The van der Waals surface area contributed by atoms with Crippen LogP contribution in [0.5, 0.6) is 0 Å². The van der Waals surface area contributed by atoms with Crippen LogP contribution < -0.4 is 0 Å². The number of benzene rings is 1. The molecule has 1 saturated carbocycles. The lowest BCUT2D eigenvalue weighted by atomic mass is 10.0. The van der Waals surface area contributed by atoms with E-state index in [1.54, 1.807) is 0 Å². The Bertz CT molecular complexity index is 744. The number of rotatable bonds is 12. The highest BCUT2D eigenvalue weighted by molar-refractivity contribution is 7.99. The molecule has 1 aromatic rings. The maximum Gasteiger partial charge on any atom is 0.305 e. The number of unbranched alkanes of at least 4 members (excludes halogenated alkanes) is 2. The number of thioether (sulfide) groups is 1. The van der Waals surface area contributed by atoms with Crippen molar-refractivity contribution in [3.05, 3.63) is 42.5 Å². The average molecular weight is 493 g/mol. The van der Waals surface area contributed by atoms with Crippen molar-refractivity contribution < 1.29 is 18.7 Å². The van der Waals surface area contributed by atoms with Gasteiger partial charge in [-0.3, -0.25) is 4.79 Å². The Morgan fingerprint density at radius 2 is 1.85 bits per heavy atom. The van der Waals surface area contributed by atoms with Crippen molar-refractivity contribution in [2.24, 2.45) is 11.8 Å². The van der Waals surface area contributed by atoms with Crippen LogP contribution in [-0.4, -0.2) is 40.0 Å². The van der Waals surface area contributed by atoms with E-state index < -0.39 is 8.32 Å². The summed E-state index contributed by atoms with van der Waals surface area (Å²) in [7, 11) is 1.39. The van der Waals surface area contributed by atoms with Crippen molar-refractivity contribution in [2.75, 3.05) is 14.2 Å². The Hall–Kier alpha value is -1.08. The first-order valence-corrected chi connectivity index (χ1v) is 16.0. The van der Waals surface area contributed by atoms with Crippen LogP contribution in [-0.2, 0) is 18.7 Å². The van der Waals surface area contributed by atoms with E-state index in [-0.39, 0.29) is 22.5 Å². The van der Waals surface area contributed by atoms with E-state index in [0.29, 0.717) is 18.3 Å². The number of carbonyl (C=O) groups excluding carboxylic acids is 1. The Balaban J connectivity index is 2.06. The normalized spacial score (nSPS) is 22.6. The monoisotopic (exact) mass is 492 g/mol. The third-order valence-corrected chi connectivity index (χ3v) is 12.9. The molecule has 0 aromatic heterocycles. The number of ether oxygens (including phenoxy) is 2. The van der Waals surface area contributed by atoms with E-state index >= 15 is 0 Å². The zero-order valence-electron chi connectivity index (χ0n) is 21.6. The van der Waals surface area contributed by atoms with Gasteiger partial charge in [0.15, 0.2) is 8.32 Å². The van der Waals surface area contributed by atoms with Crippen molar-refractivity contribution in [3.63, 3.8) is 0 Å². The molecule has 0 spiro atoms. The summed E-state index contributed by atoms with van der Waals surface area (Å²) in [5, 5.41) is 0.181. The highest BCUT2D eigenvalue weighted by Gasteiger charge is 2.46. The highest BCUT2D eigenvalue weighted by atomic mass is 32.2. The second kappa shape index (κ2) is 13.1. The number of hydrogen-bond acceptors (Lipinski definition) is 5. The molecule has 0 amide bonds. The van der Waals surface area contributed by atoms with E-state index in [9.17, 15) is 4.79 Å². The zero-order valence-corrected chi connectivity index (χ0v) is 23.5. The van der Waals surface area contributed by atoms with Crippen LogP contribution in [0.3, 0.4) is 0 Å². The minimum atomic E-state index is -1.89. The molecule has 1 aliphatic rings. The minimum absolute atomic E-state index is 0.0700. The van der Waals surface area contributed by atoms with Gasteiger partial charge < -0.3 is 13.9 Å². The summed E-state index contributed by atoms with van der Waals surface area (Å²) in [6, 6.07) is 10.5. The maximum absolute atomic E-state index is 11.3. The lowest BCUT2D eigenvalue weighted by molar-refractivity contribution is -0.140. The van der Waals surface area contributed by atoms with Crippen molar-refractivity contribution in [2.45, 2.75) is 93.9 Å². The standard InChI is InChI=1S/C27H44O4SSi/c1-27(2,3)33(6,7)31-24-20-21(15-11-8-9-14-18-25(28)29-4)19-23(24)26(30-5)32-22-16-12-10-13-17-22/h10-13,15-17,21,23-24,26H,8-9,14,18-20H2,1-7H3/b15-11-. The SMILES string of the molecule is COC(=O)CCCC/C=C\C1CC(O[Si](C)(C)C(C)(C)C)C(C(OC)Sc2ccccc2)C1. The summed E-state index contributed by atoms with van der Waals surface area (Å²) in [5.41, 5.74) is 0.0700. The van der Waals surface area contributed by atoms with Crippen molar-refractivity contribution in [1.29, 1.82) is 0 Å². The van der Waals surface area contributed by atoms with Gasteiger partial charge in [0, 0.05) is 24.3 Å². The van der Waals surface area contributed by atoms with Crippen molar-refractivity contribution in [1.82, 2.24) is 0 Å². The predicted octanol–water partition coefficient (Wildman–Crippen LogP) is 7.46. The van der Waals surface area contributed by atoms with Gasteiger partial charge in [0.1, 0.15) is 5.44 Å². The van der Waals surface area contributed by atoms with Gasteiger partial charge in [-0.05, 0) is 68.3 Å². The fourth-order valence-electron chi connectivity index (χ4n) is 4.07. The van der Waals surface area contributed by atoms with Crippen molar-refractivity contribution in [3.8, 4) is 0 Å². The van der Waals surface area contributed by atoms with Gasteiger partial charge in [-0.15, -0.1) is 0 Å². The summed E-state index contributed by atoms with van der Waals surface area (Å²) in [4.78, 5) is 12.5. The molecule has 0 heterocycles. The van der Waals surface area contributed by atoms with Gasteiger partial charge in [0.25, 0.3) is 0 Å². The van der Waals surface area contributed by atoms with Crippen LogP contribution in [0.1, 0.15) is 59.3 Å². The molecule has 33 heavy (non-hydrogen) atoms. The molecule has 186 valence electrons. The molecular formula is C27H44O4SSi. The first kappa shape index (κ1) is 28.2. The number of methoxy groups -OCH3 is 2. The van der Waals surface area contributed by atoms with Gasteiger partial charge in [-0.1, -0.05) is 62.9 Å². The number of esters is 1. The number of hydrogen-bond donors (Lipinski definition) is 0. The smallest absolute Gasteiger partial charge is 0.305 e. The van der Waals surface area contributed by atoms with Crippen LogP contribution >= 0.6 is 11.8 Å². The molecule has 1 aliphatic carbocycles. The fourth-order valence-corrected chi connectivity index (χ4v) is 6.59. The summed E-state index contributed by atoms with van der Waals surface area (Å²) in [6.07, 6.45) is 10.4. The average Bonchev–Trinajstić information content (AvgIpc) is 3.15. The number of carbonyl (C=O) groups is 1. The third kappa shape index (κ3) is 8.89. The molecule has 2 rings (SSSR count). The minimum Gasteiger partial charge on any atom is -0.469 e. The van der Waals surface area contributed by atoms with E-state index in [1.807, 2.05) is 18.9 Å². The van der Waals surface area contributed by atoms with Crippen LogP contribution in [0.25, 0.3) is 0 Å². The Morgan fingerprint density at radius 1 is 1.15 bits per heavy atom. The van der Waals surface area contributed by atoms with Gasteiger partial charge in [-0.2, -0.15) is 0 Å². The Morgan fingerprint density at radius 3 is 2.45 bits per heavy atom. The molecule has 4 unspecified atom stereocenters. The van der Waals surface area contributed by atoms with Gasteiger partial charge in [0.2, 0.25) is 0 Å². The summed E-state index contributed by atoms with van der Waals surface area (Å²) in [6.45, 7) is 11.6. The van der Waals surface area contributed by atoms with E-state index in [0.717, 1.165) is 32.1 Å². The molecule has 0 bridgehead atoms.